The van der Waals surface area contributed by atoms with Gasteiger partial charge in [-0.1, -0.05) is 53.8 Å². The number of hydrogen-bond donors (Lipinski definition) is 0. The number of nitrogens with zero attached hydrogens (tertiary/aromatic N) is 2. The Labute approximate surface area is 127 Å². The molecule has 1 atom stereocenters. The quantitative estimate of drug-likeness (QED) is 0.717. The van der Waals surface area contributed by atoms with Crippen molar-refractivity contribution < 1.29 is 4.74 Å². The molecule has 0 unspecified atom stereocenters. The summed E-state index contributed by atoms with van der Waals surface area (Å²) in [7, 11) is 0. The maximum absolute atomic E-state index is 5.92. The van der Waals surface area contributed by atoms with E-state index >= 15 is 0 Å². The van der Waals surface area contributed by atoms with Gasteiger partial charge < -0.3 is 9.64 Å². The van der Waals surface area contributed by atoms with Crippen LogP contribution in [0, 0.1) is 0 Å². The highest BCUT2D eigenvalue weighted by Crippen LogP contribution is 2.32. The molecule has 0 N–H and O–H groups in total. The Kier molecular flexibility index (Phi) is 3.33. The summed E-state index contributed by atoms with van der Waals surface area (Å²) in [6, 6.07) is 18.7. The minimum atomic E-state index is 0.131. The van der Waals surface area contributed by atoms with Crippen LogP contribution in [0.2, 0.25) is 0 Å². The highest BCUT2D eigenvalue weighted by molar-refractivity contribution is 7.22. The van der Waals surface area contributed by atoms with E-state index in [-0.39, 0.29) is 6.10 Å². The molecule has 4 heteroatoms. The predicted octanol–water partition coefficient (Wildman–Crippen LogP) is 3.87. The number of ether oxygens (including phenoxy) is 1. The number of rotatable bonds is 2. The third kappa shape index (κ3) is 2.52. The molecule has 1 saturated heterocycles. The molecular formula is C17H16N2OS. The fourth-order valence-corrected chi connectivity index (χ4v) is 3.69. The molecule has 0 radical (unpaired) electrons. The molecule has 0 bridgehead atoms. The van der Waals surface area contributed by atoms with E-state index in [1.54, 1.807) is 11.3 Å². The molecule has 1 aliphatic heterocycles. The second-order valence-electron chi connectivity index (χ2n) is 5.18. The maximum Gasteiger partial charge on any atom is 0.186 e. The van der Waals surface area contributed by atoms with Crippen LogP contribution in [-0.4, -0.2) is 24.7 Å². The summed E-state index contributed by atoms with van der Waals surface area (Å²) in [6.07, 6.45) is 0.131. The number of para-hydroxylation sites is 1. The molecule has 3 nitrogen and oxygen atoms in total. The zero-order chi connectivity index (χ0) is 14.1. The van der Waals surface area contributed by atoms with Gasteiger partial charge in [0.1, 0.15) is 6.10 Å². The first-order chi connectivity index (χ1) is 10.4. The van der Waals surface area contributed by atoms with Crippen molar-refractivity contribution in [3.8, 4) is 0 Å². The first kappa shape index (κ1) is 12.8. The van der Waals surface area contributed by atoms with Gasteiger partial charge in [0, 0.05) is 6.54 Å². The minimum Gasteiger partial charge on any atom is -0.370 e. The van der Waals surface area contributed by atoms with Crippen molar-refractivity contribution in [2.24, 2.45) is 0 Å². The molecule has 21 heavy (non-hydrogen) atoms. The highest BCUT2D eigenvalue weighted by Gasteiger charge is 2.23. The van der Waals surface area contributed by atoms with E-state index in [0.29, 0.717) is 0 Å². The molecule has 1 aromatic heterocycles. The van der Waals surface area contributed by atoms with Gasteiger partial charge in [0.25, 0.3) is 0 Å². The van der Waals surface area contributed by atoms with Crippen LogP contribution < -0.4 is 4.90 Å². The van der Waals surface area contributed by atoms with Gasteiger partial charge in [-0.3, -0.25) is 0 Å². The van der Waals surface area contributed by atoms with Gasteiger partial charge in [-0.25, -0.2) is 4.98 Å². The molecular weight excluding hydrogens is 280 g/mol. The second kappa shape index (κ2) is 5.47. The summed E-state index contributed by atoms with van der Waals surface area (Å²) in [4.78, 5) is 7.09. The molecule has 0 amide bonds. The van der Waals surface area contributed by atoms with Crippen LogP contribution >= 0.6 is 11.3 Å². The number of benzene rings is 2. The predicted molar refractivity (Wildman–Crippen MR) is 87.0 cm³/mol. The first-order valence-electron chi connectivity index (χ1n) is 7.17. The lowest BCUT2D eigenvalue weighted by atomic mass is 10.1. The second-order valence-corrected chi connectivity index (χ2v) is 6.19. The van der Waals surface area contributed by atoms with Crippen molar-refractivity contribution >= 4 is 26.7 Å². The van der Waals surface area contributed by atoms with Gasteiger partial charge in [-0.05, 0) is 17.7 Å². The molecule has 1 aliphatic rings. The van der Waals surface area contributed by atoms with E-state index in [9.17, 15) is 0 Å². The Hall–Kier alpha value is -1.91. The highest BCUT2D eigenvalue weighted by atomic mass is 32.1. The van der Waals surface area contributed by atoms with Gasteiger partial charge >= 0.3 is 0 Å². The average Bonchev–Trinajstić information content (AvgIpc) is 3.00. The maximum atomic E-state index is 5.92. The summed E-state index contributed by atoms with van der Waals surface area (Å²) in [5.74, 6) is 0. The average molecular weight is 296 g/mol. The summed E-state index contributed by atoms with van der Waals surface area (Å²) >= 11 is 1.76. The lowest BCUT2D eigenvalue weighted by Crippen LogP contribution is -2.38. The van der Waals surface area contributed by atoms with Crippen LogP contribution in [0.3, 0.4) is 0 Å². The first-order valence-corrected chi connectivity index (χ1v) is 7.99. The third-order valence-electron chi connectivity index (χ3n) is 3.79. The lowest BCUT2D eigenvalue weighted by Gasteiger charge is -2.32. The fraction of sp³-hybridized carbons (Fsp3) is 0.235. The Morgan fingerprint density at radius 2 is 1.86 bits per heavy atom. The lowest BCUT2D eigenvalue weighted by molar-refractivity contribution is 0.0398. The molecule has 2 heterocycles. The zero-order valence-corrected chi connectivity index (χ0v) is 12.4. The van der Waals surface area contributed by atoms with Crippen molar-refractivity contribution in [1.29, 1.82) is 0 Å². The van der Waals surface area contributed by atoms with Crippen LogP contribution in [-0.2, 0) is 4.74 Å². The zero-order valence-electron chi connectivity index (χ0n) is 11.6. The van der Waals surface area contributed by atoms with Crippen LogP contribution in [0.4, 0.5) is 5.13 Å². The Balaban J connectivity index is 1.60. The molecule has 4 rings (SSSR count). The van der Waals surface area contributed by atoms with E-state index in [2.05, 4.69) is 47.4 Å². The largest absolute Gasteiger partial charge is 0.370 e. The van der Waals surface area contributed by atoms with Gasteiger partial charge in [-0.15, -0.1) is 0 Å². The van der Waals surface area contributed by atoms with Crippen LogP contribution in [0.15, 0.2) is 54.6 Å². The van der Waals surface area contributed by atoms with Crippen molar-refractivity contribution in [1.82, 2.24) is 4.98 Å². The van der Waals surface area contributed by atoms with Crippen molar-refractivity contribution in [3.63, 3.8) is 0 Å². The smallest absolute Gasteiger partial charge is 0.186 e. The normalized spacial score (nSPS) is 19.0. The number of thiazole rings is 1. The standard InChI is InChI=1S/C17H16N2OS/c1-2-6-13(7-3-1)15-12-19(10-11-20-15)17-18-14-8-4-5-9-16(14)21-17/h1-9,15H,10-12H2/t15-/m0/s1. The monoisotopic (exact) mass is 296 g/mol. The number of anilines is 1. The number of morpholine rings is 1. The van der Waals surface area contributed by atoms with Crippen LogP contribution in [0.1, 0.15) is 11.7 Å². The SMILES string of the molecule is c1ccc([C@@H]2CN(c3nc4ccccc4s3)CCO2)cc1. The van der Waals surface area contributed by atoms with Crippen molar-refractivity contribution in [2.45, 2.75) is 6.10 Å². The molecule has 3 aromatic rings. The molecule has 0 saturated carbocycles. The topological polar surface area (TPSA) is 25.4 Å². The molecule has 1 fully saturated rings. The molecule has 0 spiro atoms. The Morgan fingerprint density at radius 1 is 1.05 bits per heavy atom. The Morgan fingerprint density at radius 3 is 2.71 bits per heavy atom. The van der Waals surface area contributed by atoms with Crippen molar-refractivity contribution in [2.75, 3.05) is 24.6 Å². The number of aromatic nitrogens is 1. The summed E-state index contributed by atoms with van der Waals surface area (Å²) in [6.45, 7) is 2.52. The van der Waals surface area contributed by atoms with Gasteiger partial charge in [0.2, 0.25) is 0 Å². The molecule has 0 aliphatic carbocycles. The fourth-order valence-electron chi connectivity index (χ4n) is 2.69. The number of fused-ring (bicyclic) bond motifs is 1. The third-order valence-corrected chi connectivity index (χ3v) is 4.89. The van der Waals surface area contributed by atoms with Gasteiger partial charge in [-0.2, -0.15) is 0 Å². The molecule has 2 aromatic carbocycles. The number of hydrogen-bond acceptors (Lipinski definition) is 4. The van der Waals surface area contributed by atoms with E-state index in [1.165, 1.54) is 10.3 Å². The van der Waals surface area contributed by atoms with Crippen LogP contribution in [0.5, 0.6) is 0 Å². The summed E-state index contributed by atoms with van der Waals surface area (Å²) in [5, 5.41) is 1.10. The van der Waals surface area contributed by atoms with E-state index in [1.807, 2.05) is 12.1 Å². The van der Waals surface area contributed by atoms with Gasteiger partial charge in [0.15, 0.2) is 5.13 Å². The van der Waals surface area contributed by atoms with Crippen LogP contribution in [0.25, 0.3) is 10.2 Å². The van der Waals surface area contributed by atoms with Crippen molar-refractivity contribution in [3.05, 3.63) is 60.2 Å². The Bertz CT molecular complexity index is 708. The molecule has 106 valence electrons. The minimum absolute atomic E-state index is 0.131. The van der Waals surface area contributed by atoms with Gasteiger partial charge in [0.05, 0.1) is 23.4 Å². The van der Waals surface area contributed by atoms with E-state index in [0.717, 1.165) is 30.3 Å². The van der Waals surface area contributed by atoms with E-state index in [4.69, 9.17) is 9.72 Å². The van der Waals surface area contributed by atoms with E-state index < -0.39 is 0 Å². The summed E-state index contributed by atoms with van der Waals surface area (Å²) in [5.41, 5.74) is 2.32. The summed E-state index contributed by atoms with van der Waals surface area (Å²) < 4.78 is 7.17.